The lowest BCUT2D eigenvalue weighted by Gasteiger charge is -2.29. The molecule has 0 saturated carbocycles. The predicted molar refractivity (Wildman–Crippen MR) is 65.5 cm³/mol. The quantitative estimate of drug-likeness (QED) is 0.733. The van der Waals surface area contributed by atoms with E-state index < -0.39 is 5.97 Å². The molecular formula is C13H14N2O3. The summed E-state index contributed by atoms with van der Waals surface area (Å²) in [7, 11) is 1.33. The van der Waals surface area contributed by atoms with Gasteiger partial charge in [0.2, 0.25) is 0 Å². The highest BCUT2D eigenvalue weighted by molar-refractivity contribution is 5.91. The van der Waals surface area contributed by atoms with Crippen LogP contribution in [0.15, 0.2) is 18.2 Å². The fourth-order valence-corrected chi connectivity index (χ4v) is 1.92. The van der Waals surface area contributed by atoms with Gasteiger partial charge in [-0.3, -0.25) is 0 Å². The van der Waals surface area contributed by atoms with Crippen LogP contribution in [-0.2, 0) is 9.47 Å². The smallest absolute Gasteiger partial charge is 0.337 e. The molecule has 0 bridgehead atoms. The molecular weight excluding hydrogens is 232 g/mol. The number of ether oxygens (including phenoxy) is 2. The molecule has 0 spiro atoms. The second kappa shape index (κ2) is 5.52. The standard InChI is InChI=1S/C13H14N2O3/c1-17-13(16)11-6-10(9-14)7-12(8-11)15-2-4-18-5-3-15/h6-8H,2-5H2,1H3. The molecule has 1 aromatic carbocycles. The van der Waals surface area contributed by atoms with Crippen LogP contribution in [0.3, 0.4) is 0 Å². The van der Waals surface area contributed by atoms with Crippen molar-refractivity contribution in [3.63, 3.8) is 0 Å². The van der Waals surface area contributed by atoms with Crippen LogP contribution in [0.2, 0.25) is 0 Å². The molecule has 0 aromatic heterocycles. The third-order valence-electron chi connectivity index (χ3n) is 2.84. The second-order valence-corrected chi connectivity index (χ2v) is 3.97. The van der Waals surface area contributed by atoms with Crippen LogP contribution in [0, 0.1) is 11.3 Å². The summed E-state index contributed by atoms with van der Waals surface area (Å²) < 4.78 is 9.96. The first-order valence-electron chi connectivity index (χ1n) is 5.71. The Kier molecular flexibility index (Phi) is 3.80. The van der Waals surface area contributed by atoms with Gasteiger partial charge in [-0.1, -0.05) is 0 Å². The zero-order chi connectivity index (χ0) is 13.0. The maximum absolute atomic E-state index is 11.5. The number of methoxy groups -OCH3 is 1. The molecule has 5 nitrogen and oxygen atoms in total. The Balaban J connectivity index is 2.34. The number of esters is 1. The van der Waals surface area contributed by atoms with Crippen LogP contribution < -0.4 is 4.90 Å². The van der Waals surface area contributed by atoms with Crippen molar-refractivity contribution in [1.29, 1.82) is 5.26 Å². The van der Waals surface area contributed by atoms with Gasteiger partial charge in [0.05, 0.1) is 37.5 Å². The molecule has 0 aliphatic carbocycles. The van der Waals surface area contributed by atoms with E-state index in [2.05, 4.69) is 15.7 Å². The fourth-order valence-electron chi connectivity index (χ4n) is 1.92. The van der Waals surface area contributed by atoms with Gasteiger partial charge in [-0.25, -0.2) is 4.79 Å². The Bertz CT molecular complexity index is 487. The summed E-state index contributed by atoms with van der Waals surface area (Å²) in [4.78, 5) is 13.6. The van der Waals surface area contributed by atoms with Gasteiger partial charge in [0.1, 0.15) is 0 Å². The van der Waals surface area contributed by atoms with Crippen LogP contribution in [0.25, 0.3) is 0 Å². The van der Waals surface area contributed by atoms with Crippen molar-refractivity contribution >= 4 is 11.7 Å². The highest BCUT2D eigenvalue weighted by Crippen LogP contribution is 2.20. The van der Waals surface area contributed by atoms with Crippen LogP contribution in [0.5, 0.6) is 0 Å². The molecule has 1 aromatic rings. The Hall–Kier alpha value is -2.06. The molecule has 0 N–H and O–H groups in total. The third-order valence-corrected chi connectivity index (χ3v) is 2.84. The van der Waals surface area contributed by atoms with E-state index in [4.69, 9.17) is 10.00 Å². The molecule has 5 heteroatoms. The van der Waals surface area contributed by atoms with Gasteiger partial charge < -0.3 is 14.4 Å². The number of carbonyl (C=O) groups excluding carboxylic acids is 1. The monoisotopic (exact) mass is 246 g/mol. The maximum atomic E-state index is 11.5. The Morgan fingerprint density at radius 2 is 2.11 bits per heavy atom. The summed E-state index contributed by atoms with van der Waals surface area (Å²) in [6.07, 6.45) is 0. The van der Waals surface area contributed by atoms with Crippen LogP contribution >= 0.6 is 0 Å². The molecule has 0 atom stereocenters. The number of benzene rings is 1. The van der Waals surface area contributed by atoms with Crippen LogP contribution in [0.1, 0.15) is 15.9 Å². The lowest BCUT2D eigenvalue weighted by atomic mass is 10.1. The Morgan fingerprint density at radius 3 is 2.72 bits per heavy atom. The van der Waals surface area contributed by atoms with E-state index in [-0.39, 0.29) is 0 Å². The van der Waals surface area contributed by atoms with E-state index in [0.29, 0.717) is 24.3 Å². The second-order valence-electron chi connectivity index (χ2n) is 3.97. The topological polar surface area (TPSA) is 62.6 Å². The van der Waals surface area contributed by atoms with E-state index in [9.17, 15) is 4.79 Å². The third kappa shape index (κ3) is 2.60. The van der Waals surface area contributed by atoms with Gasteiger partial charge >= 0.3 is 5.97 Å². The lowest BCUT2D eigenvalue weighted by Crippen LogP contribution is -2.36. The molecule has 18 heavy (non-hydrogen) atoms. The number of nitrogens with zero attached hydrogens (tertiary/aromatic N) is 2. The number of hydrogen-bond donors (Lipinski definition) is 0. The number of hydrogen-bond acceptors (Lipinski definition) is 5. The summed E-state index contributed by atoms with van der Waals surface area (Å²) in [5.41, 5.74) is 1.72. The van der Waals surface area contributed by atoms with E-state index >= 15 is 0 Å². The lowest BCUT2D eigenvalue weighted by molar-refractivity contribution is 0.0600. The minimum absolute atomic E-state index is 0.401. The van der Waals surface area contributed by atoms with E-state index in [0.717, 1.165) is 18.8 Å². The van der Waals surface area contributed by atoms with Gasteiger partial charge in [0.15, 0.2) is 0 Å². The van der Waals surface area contributed by atoms with Crippen LogP contribution in [-0.4, -0.2) is 39.4 Å². The predicted octanol–water partition coefficient (Wildman–Crippen LogP) is 1.18. The molecule has 1 fully saturated rings. The van der Waals surface area contributed by atoms with Crippen LogP contribution in [0.4, 0.5) is 5.69 Å². The van der Waals surface area contributed by atoms with E-state index in [1.807, 2.05) is 0 Å². The Labute approximate surface area is 106 Å². The number of anilines is 1. The average molecular weight is 246 g/mol. The van der Waals surface area contributed by atoms with Gasteiger partial charge in [-0.05, 0) is 18.2 Å². The SMILES string of the molecule is COC(=O)c1cc(C#N)cc(N2CCOCC2)c1. The van der Waals surface area contributed by atoms with E-state index in [1.54, 1.807) is 12.1 Å². The minimum atomic E-state index is -0.429. The number of morpholine rings is 1. The zero-order valence-corrected chi connectivity index (χ0v) is 10.2. The molecule has 0 radical (unpaired) electrons. The normalized spacial score (nSPS) is 15.0. The Morgan fingerprint density at radius 1 is 1.39 bits per heavy atom. The maximum Gasteiger partial charge on any atom is 0.337 e. The van der Waals surface area contributed by atoms with Gasteiger partial charge in [-0.15, -0.1) is 0 Å². The number of nitriles is 1. The molecule has 0 unspecified atom stereocenters. The minimum Gasteiger partial charge on any atom is -0.465 e. The fraction of sp³-hybridized carbons (Fsp3) is 0.385. The first-order chi connectivity index (χ1) is 8.74. The molecule has 2 rings (SSSR count). The zero-order valence-electron chi connectivity index (χ0n) is 10.2. The summed E-state index contributed by atoms with van der Waals surface area (Å²) in [5, 5.41) is 8.99. The van der Waals surface area contributed by atoms with E-state index in [1.165, 1.54) is 13.2 Å². The van der Waals surface area contributed by atoms with Crippen molar-refractivity contribution in [3.05, 3.63) is 29.3 Å². The van der Waals surface area contributed by atoms with Crippen molar-refractivity contribution < 1.29 is 14.3 Å². The molecule has 1 heterocycles. The highest BCUT2D eigenvalue weighted by atomic mass is 16.5. The highest BCUT2D eigenvalue weighted by Gasteiger charge is 2.15. The molecule has 1 saturated heterocycles. The summed E-state index contributed by atoms with van der Waals surface area (Å²) >= 11 is 0. The number of carbonyl (C=O) groups is 1. The summed E-state index contributed by atoms with van der Waals surface area (Å²) in [6.45, 7) is 2.83. The van der Waals surface area contributed by atoms with Crippen molar-refractivity contribution in [2.24, 2.45) is 0 Å². The number of rotatable bonds is 2. The van der Waals surface area contributed by atoms with Crippen molar-refractivity contribution in [2.75, 3.05) is 38.3 Å². The molecule has 0 amide bonds. The average Bonchev–Trinajstić information content (AvgIpc) is 2.46. The molecule has 94 valence electrons. The van der Waals surface area contributed by atoms with Gasteiger partial charge in [0.25, 0.3) is 0 Å². The van der Waals surface area contributed by atoms with Gasteiger partial charge in [0, 0.05) is 18.8 Å². The van der Waals surface area contributed by atoms with Crippen molar-refractivity contribution in [1.82, 2.24) is 0 Å². The first-order valence-corrected chi connectivity index (χ1v) is 5.71. The van der Waals surface area contributed by atoms with Gasteiger partial charge in [-0.2, -0.15) is 5.26 Å². The first kappa shape index (κ1) is 12.4. The van der Waals surface area contributed by atoms with Crippen molar-refractivity contribution in [2.45, 2.75) is 0 Å². The largest absolute Gasteiger partial charge is 0.465 e. The molecule has 1 aliphatic rings. The summed E-state index contributed by atoms with van der Waals surface area (Å²) in [5.74, 6) is -0.429. The summed E-state index contributed by atoms with van der Waals surface area (Å²) in [6, 6.07) is 7.12. The van der Waals surface area contributed by atoms with Crippen molar-refractivity contribution in [3.8, 4) is 6.07 Å². The molecule has 1 aliphatic heterocycles.